The lowest BCUT2D eigenvalue weighted by atomic mass is 10.0. The Labute approximate surface area is 223 Å². The molecule has 0 unspecified atom stereocenters. The fourth-order valence-corrected chi connectivity index (χ4v) is 5.60. The van der Waals surface area contributed by atoms with Crippen LogP contribution in [0.25, 0.3) is 0 Å². The third-order valence-electron chi connectivity index (χ3n) is 7.02. The van der Waals surface area contributed by atoms with Gasteiger partial charge in [-0.3, -0.25) is 9.59 Å². The summed E-state index contributed by atoms with van der Waals surface area (Å²) < 4.78 is 0. The lowest BCUT2D eigenvalue weighted by Gasteiger charge is -2.54. The first-order valence-corrected chi connectivity index (χ1v) is 14.3. The largest absolute Gasteiger partial charge is 0.337 e. The molecule has 0 aromatic heterocycles. The smallest absolute Gasteiger partial charge is 0.334 e. The van der Waals surface area contributed by atoms with Crippen LogP contribution < -0.4 is 5.32 Å². The van der Waals surface area contributed by atoms with E-state index in [4.69, 9.17) is 0 Å². The van der Waals surface area contributed by atoms with Crippen LogP contribution >= 0.6 is 11.8 Å². The highest BCUT2D eigenvalue weighted by Crippen LogP contribution is 2.28. The van der Waals surface area contributed by atoms with Gasteiger partial charge in [-0.15, -0.1) is 0 Å². The average molecular weight is 524 g/mol. The van der Waals surface area contributed by atoms with Crippen LogP contribution in [-0.4, -0.2) is 88.6 Å². The monoisotopic (exact) mass is 523 g/mol. The third-order valence-corrected chi connectivity index (χ3v) is 7.66. The maximum Gasteiger partial charge on any atom is 0.334 e. The number of thioether (sulfide) groups is 1. The zero-order valence-electron chi connectivity index (χ0n) is 21.7. The minimum absolute atomic E-state index is 0.00689. The minimum Gasteiger partial charge on any atom is -0.337 e. The Morgan fingerprint density at radius 1 is 1.00 bits per heavy atom. The summed E-state index contributed by atoms with van der Waals surface area (Å²) in [6.07, 6.45) is 4.85. The maximum atomic E-state index is 13.6. The summed E-state index contributed by atoms with van der Waals surface area (Å²) in [6, 6.07) is 19.3. The van der Waals surface area contributed by atoms with Crippen molar-refractivity contribution in [1.82, 2.24) is 25.1 Å². The number of amides is 4. The van der Waals surface area contributed by atoms with Gasteiger partial charge in [0.15, 0.2) is 0 Å². The Bertz CT molecular complexity index is 1050. The minimum atomic E-state index is -0.550. The Hall–Kier alpha value is -3.04. The van der Waals surface area contributed by atoms with Crippen molar-refractivity contribution in [3.05, 3.63) is 71.8 Å². The number of nitrogens with one attached hydrogen (secondary N) is 1. The van der Waals surface area contributed by atoms with Crippen molar-refractivity contribution in [1.29, 1.82) is 0 Å². The van der Waals surface area contributed by atoms with Gasteiger partial charge >= 0.3 is 6.03 Å². The molecule has 0 aliphatic carbocycles. The summed E-state index contributed by atoms with van der Waals surface area (Å²) in [5.74, 6) is 0.653. The van der Waals surface area contributed by atoms with Crippen LogP contribution in [-0.2, 0) is 22.6 Å². The zero-order valence-corrected chi connectivity index (χ0v) is 22.5. The van der Waals surface area contributed by atoms with E-state index in [9.17, 15) is 14.4 Å². The molecule has 9 heteroatoms. The Morgan fingerprint density at radius 2 is 1.68 bits per heavy atom. The van der Waals surface area contributed by atoms with Gasteiger partial charge in [0.2, 0.25) is 11.8 Å². The predicted molar refractivity (Wildman–Crippen MR) is 147 cm³/mol. The van der Waals surface area contributed by atoms with Gasteiger partial charge in [-0.1, -0.05) is 60.7 Å². The first-order valence-electron chi connectivity index (χ1n) is 12.9. The number of piperazine rings is 1. The molecule has 0 saturated carbocycles. The van der Waals surface area contributed by atoms with Crippen molar-refractivity contribution >= 4 is 29.6 Å². The van der Waals surface area contributed by atoms with Crippen molar-refractivity contribution < 1.29 is 14.4 Å². The molecule has 0 radical (unpaired) electrons. The molecule has 4 amide bonds. The molecular formula is C28H37N5O3S. The van der Waals surface area contributed by atoms with Gasteiger partial charge in [0, 0.05) is 20.1 Å². The summed E-state index contributed by atoms with van der Waals surface area (Å²) in [7, 11) is 1.76. The summed E-state index contributed by atoms with van der Waals surface area (Å²) in [5, 5.41) is 6.31. The topological polar surface area (TPSA) is 76.2 Å². The van der Waals surface area contributed by atoms with Crippen LogP contribution in [0, 0.1) is 0 Å². The standard InChI is InChI=1S/C28H37N5O3S/c1-30-21-26(34)32-24(16-18-37-2)27(35)31(17-10-9-13-22-11-5-3-6-12-22)20-25(32)33(30)28(36)29-19-23-14-7-4-8-15-23/h3-8,11-12,14-15,24-25H,9-10,13,16-21H2,1-2H3,(H,29,36)/t24-,25-/m0/s1. The van der Waals surface area contributed by atoms with E-state index in [1.54, 1.807) is 33.7 Å². The normalized spacial score (nSPS) is 20.2. The first-order chi connectivity index (χ1) is 18.0. The van der Waals surface area contributed by atoms with Gasteiger partial charge in [-0.05, 0) is 48.8 Å². The molecule has 8 nitrogen and oxygen atoms in total. The third kappa shape index (κ3) is 6.64. The summed E-state index contributed by atoms with van der Waals surface area (Å²) in [4.78, 5) is 43.7. The highest BCUT2D eigenvalue weighted by molar-refractivity contribution is 7.98. The molecule has 2 atom stereocenters. The van der Waals surface area contributed by atoms with E-state index in [1.807, 2.05) is 59.7 Å². The van der Waals surface area contributed by atoms with Crippen LogP contribution in [0.3, 0.4) is 0 Å². The van der Waals surface area contributed by atoms with Gasteiger partial charge in [0.1, 0.15) is 12.2 Å². The van der Waals surface area contributed by atoms with Gasteiger partial charge in [-0.25, -0.2) is 14.8 Å². The van der Waals surface area contributed by atoms with Crippen molar-refractivity contribution in [3.63, 3.8) is 0 Å². The molecular weight excluding hydrogens is 486 g/mol. The number of hydrogen-bond donors (Lipinski definition) is 1. The van der Waals surface area contributed by atoms with E-state index < -0.39 is 12.2 Å². The zero-order chi connectivity index (χ0) is 26.2. The SMILES string of the molecule is CSCC[C@H]1C(=O)N(CCCCc2ccccc2)C[C@H]2N1C(=O)CN(C)N2C(=O)NCc1ccccc1. The fourth-order valence-electron chi connectivity index (χ4n) is 5.14. The summed E-state index contributed by atoms with van der Waals surface area (Å²) in [6.45, 7) is 1.38. The number of aryl methyl sites for hydroxylation is 1. The number of hydrazine groups is 1. The molecule has 2 fully saturated rings. The lowest BCUT2D eigenvalue weighted by Crippen LogP contribution is -2.76. The molecule has 2 aliphatic rings. The maximum absolute atomic E-state index is 13.6. The summed E-state index contributed by atoms with van der Waals surface area (Å²) >= 11 is 1.66. The number of urea groups is 1. The van der Waals surface area contributed by atoms with Crippen LogP contribution in [0.5, 0.6) is 0 Å². The highest BCUT2D eigenvalue weighted by atomic mass is 32.2. The van der Waals surface area contributed by atoms with E-state index in [0.717, 1.165) is 30.6 Å². The Morgan fingerprint density at radius 3 is 2.35 bits per heavy atom. The fraction of sp³-hybridized carbons (Fsp3) is 0.464. The van der Waals surface area contributed by atoms with Gasteiger partial charge in [0.05, 0.1) is 13.1 Å². The number of rotatable bonds is 10. The van der Waals surface area contributed by atoms with E-state index in [1.165, 1.54) is 5.56 Å². The molecule has 2 aromatic carbocycles. The second-order valence-corrected chi connectivity index (χ2v) is 10.6. The first kappa shape index (κ1) is 27.0. The van der Waals surface area contributed by atoms with Crippen molar-refractivity contribution in [3.8, 4) is 0 Å². The Balaban J connectivity index is 1.47. The molecule has 0 bridgehead atoms. The number of benzene rings is 2. The second-order valence-electron chi connectivity index (χ2n) is 9.61. The van der Waals surface area contributed by atoms with Gasteiger partial charge < -0.3 is 15.1 Å². The molecule has 2 saturated heterocycles. The van der Waals surface area contributed by atoms with Gasteiger partial charge in [0.25, 0.3) is 0 Å². The highest BCUT2D eigenvalue weighted by Gasteiger charge is 2.50. The molecule has 2 aromatic rings. The molecule has 198 valence electrons. The van der Waals surface area contributed by atoms with Crippen molar-refractivity contribution in [2.45, 2.75) is 44.4 Å². The van der Waals surface area contributed by atoms with E-state index in [0.29, 0.717) is 26.1 Å². The average Bonchev–Trinajstić information content (AvgIpc) is 2.91. The number of nitrogens with zero attached hydrogens (tertiary/aromatic N) is 4. The molecule has 2 heterocycles. The number of unbranched alkanes of at least 4 members (excludes halogenated alkanes) is 1. The predicted octanol–water partition coefficient (Wildman–Crippen LogP) is 3.20. The van der Waals surface area contributed by atoms with Gasteiger partial charge in [-0.2, -0.15) is 11.8 Å². The molecule has 0 spiro atoms. The molecule has 37 heavy (non-hydrogen) atoms. The van der Waals surface area contributed by atoms with Crippen molar-refractivity contribution in [2.75, 3.05) is 38.7 Å². The number of carbonyl (C=O) groups is 3. The molecule has 1 N–H and O–H groups in total. The van der Waals surface area contributed by atoms with Crippen LogP contribution in [0.15, 0.2) is 60.7 Å². The van der Waals surface area contributed by atoms with E-state index in [2.05, 4.69) is 17.4 Å². The van der Waals surface area contributed by atoms with Crippen molar-refractivity contribution in [2.24, 2.45) is 0 Å². The second kappa shape index (κ2) is 13.0. The van der Waals surface area contributed by atoms with E-state index in [-0.39, 0.29) is 24.4 Å². The number of fused-ring (bicyclic) bond motifs is 1. The van der Waals surface area contributed by atoms with Crippen LogP contribution in [0.1, 0.15) is 30.4 Å². The number of hydrogen-bond acceptors (Lipinski definition) is 5. The lowest BCUT2D eigenvalue weighted by molar-refractivity contribution is -0.187. The summed E-state index contributed by atoms with van der Waals surface area (Å²) in [5.41, 5.74) is 2.29. The van der Waals surface area contributed by atoms with E-state index >= 15 is 0 Å². The molecule has 4 rings (SSSR count). The number of likely N-dealkylation sites (N-methyl/N-ethyl adjacent to an activating group) is 1. The van der Waals surface area contributed by atoms with Crippen LogP contribution in [0.2, 0.25) is 0 Å². The van der Waals surface area contributed by atoms with Crippen LogP contribution in [0.4, 0.5) is 4.79 Å². The quantitative estimate of drug-likeness (QED) is 0.484. The Kier molecular flexibility index (Phi) is 9.46. The molecule has 2 aliphatic heterocycles. The number of carbonyl (C=O) groups excluding carboxylic acids is 3.